The molecule has 1 heterocycles. The predicted octanol–water partition coefficient (Wildman–Crippen LogP) is 0.397. The Balaban J connectivity index is 2.26. The molecule has 1 saturated heterocycles. The van der Waals surface area contributed by atoms with Crippen LogP contribution < -0.4 is 5.32 Å². The van der Waals surface area contributed by atoms with E-state index in [2.05, 4.69) is 24.1 Å². The Hall–Kier alpha value is -0.120. The van der Waals surface area contributed by atoms with Crippen molar-refractivity contribution in [2.75, 3.05) is 13.1 Å². The lowest BCUT2D eigenvalue weighted by molar-refractivity contribution is 0.139. The summed E-state index contributed by atoms with van der Waals surface area (Å²) in [5.41, 5.74) is 0. The summed E-state index contributed by atoms with van der Waals surface area (Å²) in [5, 5.41) is 12.2. The number of aliphatic hydroxyl groups excluding tert-OH is 1. The van der Waals surface area contributed by atoms with Crippen LogP contribution in [-0.2, 0) is 0 Å². The number of hydrogen-bond acceptors (Lipinski definition) is 3. The molecule has 1 aliphatic heterocycles. The van der Waals surface area contributed by atoms with Crippen molar-refractivity contribution in [3.05, 3.63) is 0 Å². The first-order chi connectivity index (χ1) is 5.59. The standard InChI is InChI=1S/C9H20N2O/c1-7(2)11-5-4-9(6-11)10-8(3)12/h7-10,12H,4-6H2,1-3H3. The fourth-order valence-electron chi connectivity index (χ4n) is 1.73. The minimum absolute atomic E-state index is 0.373. The van der Waals surface area contributed by atoms with Crippen LogP contribution in [0.2, 0.25) is 0 Å². The fourth-order valence-corrected chi connectivity index (χ4v) is 1.73. The van der Waals surface area contributed by atoms with Crippen LogP contribution in [0.3, 0.4) is 0 Å². The molecule has 12 heavy (non-hydrogen) atoms. The highest BCUT2D eigenvalue weighted by atomic mass is 16.3. The second kappa shape index (κ2) is 4.21. The molecule has 72 valence electrons. The van der Waals surface area contributed by atoms with E-state index in [-0.39, 0.29) is 6.23 Å². The minimum Gasteiger partial charge on any atom is -0.379 e. The van der Waals surface area contributed by atoms with Gasteiger partial charge in [-0.1, -0.05) is 0 Å². The van der Waals surface area contributed by atoms with Crippen LogP contribution in [0.4, 0.5) is 0 Å². The largest absolute Gasteiger partial charge is 0.379 e. The summed E-state index contributed by atoms with van der Waals surface area (Å²) in [6.07, 6.45) is 0.783. The molecule has 1 aliphatic rings. The van der Waals surface area contributed by atoms with Crippen molar-refractivity contribution in [3.8, 4) is 0 Å². The van der Waals surface area contributed by atoms with Crippen LogP contribution in [0.15, 0.2) is 0 Å². The first-order valence-electron chi connectivity index (χ1n) is 4.77. The number of likely N-dealkylation sites (tertiary alicyclic amines) is 1. The smallest absolute Gasteiger partial charge is 0.102 e. The van der Waals surface area contributed by atoms with Gasteiger partial charge in [0.05, 0.1) is 0 Å². The van der Waals surface area contributed by atoms with Gasteiger partial charge in [-0.15, -0.1) is 0 Å². The van der Waals surface area contributed by atoms with Crippen molar-refractivity contribution >= 4 is 0 Å². The Morgan fingerprint density at radius 3 is 2.50 bits per heavy atom. The van der Waals surface area contributed by atoms with Gasteiger partial charge in [0.15, 0.2) is 0 Å². The van der Waals surface area contributed by atoms with Gasteiger partial charge in [0.2, 0.25) is 0 Å². The van der Waals surface area contributed by atoms with E-state index in [1.807, 2.05) is 0 Å². The van der Waals surface area contributed by atoms with Gasteiger partial charge in [0, 0.05) is 18.6 Å². The third-order valence-corrected chi connectivity index (χ3v) is 2.43. The van der Waals surface area contributed by atoms with Crippen molar-refractivity contribution in [1.82, 2.24) is 10.2 Å². The van der Waals surface area contributed by atoms with Gasteiger partial charge in [-0.05, 0) is 33.7 Å². The van der Waals surface area contributed by atoms with E-state index in [1.165, 1.54) is 0 Å². The number of nitrogens with one attached hydrogen (secondary N) is 1. The monoisotopic (exact) mass is 172 g/mol. The first-order valence-corrected chi connectivity index (χ1v) is 4.77. The van der Waals surface area contributed by atoms with Crippen LogP contribution in [0.5, 0.6) is 0 Å². The molecule has 0 aromatic rings. The van der Waals surface area contributed by atoms with Crippen molar-refractivity contribution in [3.63, 3.8) is 0 Å². The number of rotatable bonds is 3. The van der Waals surface area contributed by atoms with Crippen molar-refractivity contribution < 1.29 is 5.11 Å². The highest BCUT2D eigenvalue weighted by Crippen LogP contribution is 2.12. The molecule has 0 aliphatic carbocycles. The second-order valence-corrected chi connectivity index (χ2v) is 3.92. The van der Waals surface area contributed by atoms with Crippen LogP contribution in [-0.4, -0.2) is 41.4 Å². The molecule has 0 radical (unpaired) electrons. The van der Waals surface area contributed by atoms with Gasteiger partial charge in [0.25, 0.3) is 0 Å². The molecular formula is C9H20N2O. The lowest BCUT2D eigenvalue weighted by Gasteiger charge is -2.21. The zero-order valence-corrected chi connectivity index (χ0v) is 8.25. The van der Waals surface area contributed by atoms with E-state index in [1.54, 1.807) is 6.92 Å². The molecule has 0 spiro atoms. The topological polar surface area (TPSA) is 35.5 Å². The summed E-state index contributed by atoms with van der Waals surface area (Å²) in [5.74, 6) is 0. The lowest BCUT2D eigenvalue weighted by Crippen LogP contribution is -2.39. The van der Waals surface area contributed by atoms with Crippen molar-refractivity contribution in [1.29, 1.82) is 0 Å². The first kappa shape index (κ1) is 9.96. The highest BCUT2D eigenvalue weighted by Gasteiger charge is 2.24. The van der Waals surface area contributed by atoms with Gasteiger partial charge >= 0.3 is 0 Å². The summed E-state index contributed by atoms with van der Waals surface area (Å²) in [4.78, 5) is 2.43. The zero-order valence-electron chi connectivity index (χ0n) is 8.25. The van der Waals surface area contributed by atoms with Gasteiger partial charge in [-0.3, -0.25) is 10.2 Å². The summed E-state index contributed by atoms with van der Waals surface area (Å²) in [6.45, 7) is 8.43. The quantitative estimate of drug-likeness (QED) is 0.605. The average Bonchev–Trinajstić information content (AvgIpc) is 2.34. The molecule has 0 amide bonds. The Morgan fingerprint density at radius 1 is 1.42 bits per heavy atom. The number of aliphatic hydroxyl groups is 1. The summed E-state index contributed by atoms with van der Waals surface area (Å²) < 4.78 is 0. The molecule has 2 N–H and O–H groups in total. The Bertz CT molecular complexity index is 136. The maximum atomic E-state index is 9.11. The molecule has 0 saturated carbocycles. The third kappa shape index (κ3) is 2.73. The van der Waals surface area contributed by atoms with Gasteiger partial charge in [-0.2, -0.15) is 0 Å². The Kier molecular flexibility index (Phi) is 3.50. The van der Waals surface area contributed by atoms with E-state index in [0.29, 0.717) is 12.1 Å². The van der Waals surface area contributed by atoms with Gasteiger partial charge in [0.1, 0.15) is 6.23 Å². The molecule has 1 fully saturated rings. The minimum atomic E-state index is -0.373. The number of nitrogens with zero attached hydrogens (tertiary/aromatic N) is 1. The van der Waals surface area contributed by atoms with Crippen LogP contribution in [0.25, 0.3) is 0 Å². The maximum Gasteiger partial charge on any atom is 0.102 e. The van der Waals surface area contributed by atoms with Crippen molar-refractivity contribution in [2.45, 2.75) is 45.5 Å². The molecule has 3 heteroatoms. The maximum absolute atomic E-state index is 9.11. The van der Waals surface area contributed by atoms with Gasteiger partial charge in [-0.25, -0.2) is 0 Å². The van der Waals surface area contributed by atoms with Gasteiger partial charge < -0.3 is 5.11 Å². The number of hydrogen-bond donors (Lipinski definition) is 2. The van der Waals surface area contributed by atoms with E-state index in [0.717, 1.165) is 19.5 Å². The summed E-state index contributed by atoms with van der Waals surface area (Å²) >= 11 is 0. The van der Waals surface area contributed by atoms with E-state index in [4.69, 9.17) is 5.11 Å². The average molecular weight is 172 g/mol. The molecule has 2 atom stereocenters. The summed E-state index contributed by atoms with van der Waals surface area (Å²) in [6, 6.07) is 1.11. The Morgan fingerprint density at radius 2 is 2.08 bits per heavy atom. The lowest BCUT2D eigenvalue weighted by atomic mass is 10.2. The predicted molar refractivity (Wildman–Crippen MR) is 49.9 cm³/mol. The molecule has 1 rings (SSSR count). The van der Waals surface area contributed by atoms with Crippen LogP contribution in [0, 0.1) is 0 Å². The molecular weight excluding hydrogens is 152 g/mol. The molecule has 0 bridgehead atoms. The molecule has 0 aromatic carbocycles. The van der Waals surface area contributed by atoms with E-state index < -0.39 is 0 Å². The normalized spacial score (nSPS) is 28.2. The second-order valence-electron chi connectivity index (χ2n) is 3.92. The fraction of sp³-hybridized carbons (Fsp3) is 1.00. The van der Waals surface area contributed by atoms with Crippen LogP contribution >= 0.6 is 0 Å². The van der Waals surface area contributed by atoms with E-state index >= 15 is 0 Å². The van der Waals surface area contributed by atoms with Crippen molar-refractivity contribution in [2.24, 2.45) is 0 Å². The third-order valence-electron chi connectivity index (χ3n) is 2.43. The van der Waals surface area contributed by atoms with Crippen LogP contribution in [0.1, 0.15) is 27.2 Å². The zero-order chi connectivity index (χ0) is 9.14. The SMILES string of the molecule is CC(O)NC1CCN(C(C)C)C1. The van der Waals surface area contributed by atoms with E-state index in [9.17, 15) is 0 Å². The Labute approximate surface area is 74.8 Å². The molecule has 0 aromatic heterocycles. The highest BCUT2D eigenvalue weighted by molar-refractivity contribution is 4.82. The molecule has 3 nitrogen and oxygen atoms in total. The molecule has 2 unspecified atom stereocenters. The summed E-state index contributed by atoms with van der Waals surface area (Å²) in [7, 11) is 0.